The van der Waals surface area contributed by atoms with Gasteiger partial charge in [-0.2, -0.15) is 11.3 Å². The number of anilines is 3. The van der Waals surface area contributed by atoms with Crippen LogP contribution in [0.25, 0.3) is 11.3 Å². The summed E-state index contributed by atoms with van der Waals surface area (Å²) < 4.78 is 4.99. The molecule has 0 atom stereocenters. The lowest BCUT2D eigenvalue weighted by atomic mass is 10.1. The maximum Gasteiger partial charge on any atom is 0.263 e. The van der Waals surface area contributed by atoms with Gasteiger partial charge in [-0.15, -0.1) is 0 Å². The second-order valence-electron chi connectivity index (χ2n) is 5.18. The van der Waals surface area contributed by atoms with E-state index in [2.05, 4.69) is 10.5 Å². The number of benzene rings is 1. The van der Waals surface area contributed by atoms with E-state index in [0.717, 1.165) is 11.3 Å². The molecule has 0 saturated heterocycles. The number of nitrogen functional groups attached to an aromatic ring is 1. The first-order valence-corrected chi connectivity index (χ1v) is 7.87. The number of carbonyl (C=O) groups is 1. The van der Waals surface area contributed by atoms with Gasteiger partial charge in [0.15, 0.2) is 0 Å². The van der Waals surface area contributed by atoms with Crippen LogP contribution < -0.4 is 16.0 Å². The Morgan fingerprint density at radius 3 is 2.61 bits per heavy atom. The van der Waals surface area contributed by atoms with E-state index in [-0.39, 0.29) is 17.4 Å². The molecule has 6 nitrogen and oxygen atoms in total. The van der Waals surface area contributed by atoms with Crippen LogP contribution in [0, 0.1) is 0 Å². The van der Waals surface area contributed by atoms with Gasteiger partial charge in [0.1, 0.15) is 11.3 Å². The molecule has 0 aliphatic rings. The van der Waals surface area contributed by atoms with E-state index in [9.17, 15) is 4.79 Å². The van der Waals surface area contributed by atoms with Gasteiger partial charge >= 0.3 is 0 Å². The quantitative estimate of drug-likeness (QED) is 0.767. The molecule has 7 heteroatoms. The highest BCUT2D eigenvalue weighted by Crippen LogP contribution is 2.29. The Balaban J connectivity index is 1.85. The number of hydrogen-bond donors (Lipinski definition) is 2. The second-order valence-corrected chi connectivity index (χ2v) is 5.96. The van der Waals surface area contributed by atoms with Crippen molar-refractivity contribution in [1.29, 1.82) is 0 Å². The molecule has 3 rings (SSSR count). The summed E-state index contributed by atoms with van der Waals surface area (Å²) >= 11 is 1.51. The van der Waals surface area contributed by atoms with Crippen molar-refractivity contribution in [2.24, 2.45) is 0 Å². The summed E-state index contributed by atoms with van der Waals surface area (Å²) in [6, 6.07) is 9.38. The van der Waals surface area contributed by atoms with Crippen LogP contribution in [-0.4, -0.2) is 25.2 Å². The van der Waals surface area contributed by atoms with Crippen LogP contribution >= 0.6 is 11.3 Å². The molecule has 0 saturated carbocycles. The van der Waals surface area contributed by atoms with Crippen LogP contribution in [0.4, 0.5) is 17.3 Å². The predicted octanol–water partition coefficient (Wildman–Crippen LogP) is 3.30. The summed E-state index contributed by atoms with van der Waals surface area (Å²) in [6.07, 6.45) is 0. The van der Waals surface area contributed by atoms with Crippen molar-refractivity contribution in [3.63, 3.8) is 0 Å². The summed E-state index contributed by atoms with van der Waals surface area (Å²) in [5.41, 5.74) is 9.01. The number of amides is 1. The number of thiophene rings is 1. The molecule has 0 aliphatic carbocycles. The molecule has 0 bridgehead atoms. The second kappa shape index (κ2) is 6.13. The predicted molar refractivity (Wildman–Crippen MR) is 93.0 cm³/mol. The van der Waals surface area contributed by atoms with Crippen LogP contribution in [0.15, 0.2) is 45.6 Å². The van der Waals surface area contributed by atoms with Crippen LogP contribution in [0.1, 0.15) is 10.4 Å². The van der Waals surface area contributed by atoms with Crippen molar-refractivity contribution < 1.29 is 9.32 Å². The van der Waals surface area contributed by atoms with Gasteiger partial charge in [-0.1, -0.05) is 5.16 Å². The fourth-order valence-corrected chi connectivity index (χ4v) is 2.80. The van der Waals surface area contributed by atoms with Crippen LogP contribution in [0.5, 0.6) is 0 Å². The van der Waals surface area contributed by atoms with E-state index >= 15 is 0 Å². The Bertz CT molecular complexity index is 807. The maximum absolute atomic E-state index is 12.5. The molecule has 0 fully saturated rings. The van der Waals surface area contributed by atoms with E-state index in [4.69, 9.17) is 10.3 Å². The van der Waals surface area contributed by atoms with Crippen molar-refractivity contribution in [3.05, 3.63) is 46.7 Å². The molecule has 3 aromatic rings. The third-order valence-electron chi connectivity index (χ3n) is 3.38. The Morgan fingerprint density at radius 2 is 2.00 bits per heavy atom. The Labute approximate surface area is 137 Å². The molecule has 0 spiro atoms. The van der Waals surface area contributed by atoms with Crippen molar-refractivity contribution in [2.45, 2.75) is 0 Å². The third-order valence-corrected chi connectivity index (χ3v) is 4.06. The van der Waals surface area contributed by atoms with Gasteiger partial charge in [0.2, 0.25) is 5.88 Å². The summed E-state index contributed by atoms with van der Waals surface area (Å²) in [6.45, 7) is 0. The molecule has 2 heterocycles. The van der Waals surface area contributed by atoms with Crippen LogP contribution in [0.3, 0.4) is 0 Å². The Morgan fingerprint density at radius 1 is 1.26 bits per heavy atom. The van der Waals surface area contributed by atoms with E-state index in [1.165, 1.54) is 11.3 Å². The molecule has 1 aromatic carbocycles. The largest absolute Gasteiger partial charge is 0.378 e. The Hall–Kier alpha value is -2.80. The average molecular weight is 328 g/mol. The van der Waals surface area contributed by atoms with Crippen molar-refractivity contribution in [2.75, 3.05) is 30.0 Å². The molecule has 0 radical (unpaired) electrons. The standard InChI is InChI=1S/C16H16N4O2S/c1-20(2)12-5-3-11(4-6-12)18-16(21)13-14(19-22-15(13)17)10-7-8-23-9-10/h3-9H,17H2,1-2H3,(H,18,21). The number of nitrogens with one attached hydrogen (secondary N) is 1. The van der Waals surface area contributed by atoms with Gasteiger partial charge in [-0.25, -0.2) is 0 Å². The highest BCUT2D eigenvalue weighted by Gasteiger charge is 2.22. The zero-order chi connectivity index (χ0) is 16.4. The SMILES string of the molecule is CN(C)c1ccc(NC(=O)c2c(-c3ccsc3)noc2N)cc1. The highest BCUT2D eigenvalue weighted by molar-refractivity contribution is 7.08. The average Bonchev–Trinajstić information content (AvgIpc) is 3.16. The fourth-order valence-electron chi connectivity index (χ4n) is 2.15. The molecule has 23 heavy (non-hydrogen) atoms. The first-order valence-electron chi connectivity index (χ1n) is 6.92. The summed E-state index contributed by atoms with van der Waals surface area (Å²) in [7, 11) is 3.91. The lowest BCUT2D eigenvalue weighted by Gasteiger charge is -2.13. The molecule has 2 aromatic heterocycles. The maximum atomic E-state index is 12.5. The van der Waals surface area contributed by atoms with E-state index in [1.807, 2.05) is 60.1 Å². The summed E-state index contributed by atoms with van der Waals surface area (Å²) in [5.74, 6) is -0.337. The molecule has 0 unspecified atom stereocenters. The lowest BCUT2D eigenvalue weighted by molar-refractivity contribution is 0.102. The summed E-state index contributed by atoms with van der Waals surface area (Å²) in [4.78, 5) is 14.5. The minimum absolute atomic E-state index is 0.00797. The fraction of sp³-hybridized carbons (Fsp3) is 0.125. The third kappa shape index (κ3) is 3.04. The summed E-state index contributed by atoms with van der Waals surface area (Å²) in [5, 5.41) is 10.5. The van der Waals surface area contributed by atoms with Gasteiger partial charge in [0, 0.05) is 36.4 Å². The first kappa shape index (κ1) is 15.1. The topological polar surface area (TPSA) is 84.4 Å². The smallest absolute Gasteiger partial charge is 0.263 e. The first-order chi connectivity index (χ1) is 11.1. The Kier molecular flexibility index (Phi) is 4.03. The van der Waals surface area contributed by atoms with Crippen LogP contribution in [0.2, 0.25) is 0 Å². The zero-order valence-electron chi connectivity index (χ0n) is 12.7. The molecular weight excluding hydrogens is 312 g/mol. The molecule has 3 N–H and O–H groups in total. The van der Waals surface area contributed by atoms with E-state index in [0.29, 0.717) is 11.4 Å². The van der Waals surface area contributed by atoms with Gasteiger partial charge in [0.05, 0.1) is 0 Å². The van der Waals surface area contributed by atoms with Crippen molar-refractivity contribution in [3.8, 4) is 11.3 Å². The normalized spacial score (nSPS) is 10.5. The lowest BCUT2D eigenvalue weighted by Crippen LogP contribution is -2.14. The van der Waals surface area contributed by atoms with Gasteiger partial charge in [-0.3, -0.25) is 4.79 Å². The van der Waals surface area contributed by atoms with Gasteiger partial charge in [-0.05, 0) is 35.7 Å². The van der Waals surface area contributed by atoms with Crippen LogP contribution in [-0.2, 0) is 0 Å². The number of nitrogens with two attached hydrogens (primary N) is 1. The molecule has 0 aliphatic heterocycles. The molecular formula is C16H16N4O2S. The number of carbonyl (C=O) groups excluding carboxylic acids is 1. The van der Waals surface area contributed by atoms with Gasteiger partial charge < -0.3 is 20.5 Å². The van der Waals surface area contributed by atoms with E-state index < -0.39 is 0 Å². The van der Waals surface area contributed by atoms with Crippen molar-refractivity contribution >= 4 is 34.5 Å². The van der Waals surface area contributed by atoms with Crippen molar-refractivity contribution in [1.82, 2.24) is 5.16 Å². The molecule has 1 amide bonds. The highest BCUT2D eigenvalue weighted by atomic mass is 32.1. The minimum Gasteiger partial charge on any atom is -0.378 e. The number of hydrogen-bond acceptors (Lipinski definition) is 6. The number of aromatic nitrogens is 1. The number of nitrogens with zero attached hydrogens (tertiary/aromatic N) is 2. The molecule has 118 valence electrons. The van der Waals surface area contributed by atoms with E-state index in [1.54, 1.807) is 0 Å². The minimum atomic E-state index is -0.345. The monoisotopic (exact) mass is 328 g/mol. The zero-order valence-corrected chi connectivity index (χ0v) is 13.6. The van der Waals surface area contributed by atoms with Gasteiger partial charge in [0.25, 0.3) is 5.91 Å². The number of rotatable bonds is 4.